The van der Waals surface area contributed by atoms with Crippen LogP contribution in [0.2, 0.25) is 5.02 Å². The number of aromatic nitrogens is 3. The normalized spacial score (nSPS) is 11.4. The summed E-state index contributed by atoms with van der Waals surface area (Å²) in [5.74, 6) is 0.0668. The van der Waals surface area contributed by atoms with Crippen LogP contribution in [0.5, 0.6) is 0 Å². The van der Waals surface area contributed by atoms with Crippen LogP contribution in [0, 0.1) is 12.7 Å². The summed E-state index contributed by atoms with van der Waals surface area (Å²) in [7, 11) is 0. The lowest BCUT2D eigenvalue weighted by Crippen LogP contribution is -1.95. The van der Waals surface area contributed by atoms with E-state index in [0.29, 0.717) is 16.9 Å². The van der Waals surface area contributed by atoms with Crippen LogP contribution in [0.15, 0.2) is 51.5 Å². The highest BCUT2D eigenvalue weighted by Crippen LogP contribution is 2.38. The van der Waals surface area contributed by atoms with E-state index in [1.54, 1.807) is 31.2 Å². The van der Waals surface area contributed by atoms with Gasteiger partial charge in [0.15, 0.2) is 6.29 Å². The Kier molecular flexibility index (Phi) is 4.68. The lowest BCUT2D eigenvalue weighted by Gasteiger charge is -2.04. The molecule has 2 heterocycles. The highest BCUT2D eigenvalue weighted by Gasteiger charge is 2.26. The molecule has 7 nitrogen and oxygen atoms in total. The maximum atomic E-state index is 14.4. The molecule has 28 heavy (non-hydrogen) atoms. The molecule has 4 rings (SSSR count). The monoisotopic (exact) mass is 401 g/mol. The van der Waals surface area contributed by atoms with E-state index in [9.17, 15) is 14.6 Å². The fraction of sp³-hybridized carbons (Fsp3) is 0.105. The zero-order chi connectivity index (χ0) is 19.8. The largest absolute Gasteiger partial charge is 0.364 e. The second-order valence-corrected chi connectivity index (χ2v) is 6.39. The average Bonchev–Trinajstić information content (AvgIpc) is 3.29. The predicted octanol–water partition coefficient (Wildman–Crippen LogP) is 4.14. The van der Waals surface area contributed by atoms with Gasteiger partial charge in [-0.15, -0.1) is 0 Å². The number of rotatable bonds is 4. The Morgan fingerprint density at radius 1 is 1.04 bits per heavy atom. The molecule has 0 bridgehead atoms. The number of aliphatic hydroxyl groups is 2. The Labute approximate surface area is 163 Å². The lowest BCUT2D eigenvalue weighted by molar-refractivity contribution is -0.0424. The minimum atomic E-state index is -1.62. The Balaban J connectivity index is 1.81. The number of halogens is 2. The molecule has 0 aliphatic heterocycles. The molecule has 9 heteroatoms. The van der Waals surface area contributed by atoms with Gasteiger partial charge >= 0.3 is 0 Å². The van der Waals surface area contributed by atoms with Gasteiger partial charge in [-0.2, -0.15) is 4.98 Å². The fourth-order valence-electron chi connectivity index (χ4n) is 2.80. The molecule has 0 radical (unpaired) electrons. The van der Waals surface area contributed by atoms with Crippen molar-refractivity contribution < 1.29 is 23.6 Å². The fourth-order valence-corrected chi connectivity index (χ4v) is 3.05. The van der Waals surface area contributed by atoms with E-state index in [4.69, 9.17) is 20.6 Å². The zero-order valence-corrected chi connectivity index (χ0v) is 15.2. The summed E-state index contributed by atoms with van der Waals surface area (Å²) < 4.78 is 24.9. The number of aliphatic hydroxyl groups excluding tert-OH is 1. The Morgan fingerprint density at radius 3 is 2.57 bits per heavy atom. The first kappa shape index (κ1) is 18.3. The first-order valence-corrected chi connectivity index (χ1v) is 8.54. The summed E-state index contributed by atoms with van der Waals surface area (Å²) in [6, 6.07) is 10.7. The van der Waals surface area contributed by atoms with Crippen molar-refractivity contribution >= 4 is 11.6 Å². The molecule has 142 valence electrons. The van der Waals surface area contributed by atoms with E-state index in [1.165, 1.54) is 18.2 Å². The van der Waals surface area contributed by atoms with E-state index in [-0.39, 0.29) is 33.6 Å². The summed E-state index contributed by atoms with van der Waals surface area (Å²) in [6.45, 7) is 1.63. The third-order valence-electron chi connectivity index (χ3n) is 4.15. The third kappa shape index (κ3) is 3.18. The predicted molar refractivity (Wildman–Crippen MR) is 97.6 cm³/mol. The molecule has 0 amide bonds. The topological polar surface area (TPSA) is 105 Å². The van der Waals surface area contributed by atoms with Gasteiger partial charge in [-0.25, -0.2) is 4.39 Å². The molecule has 0 aliphatic rings. The van der Waals surface area contributed by atoms with Gasteiger partial charge in [0.05, 0.1) is 10.6 Å². The summed E-state index contributed by atoms with van der Waals surface area (Å²) in [5.41, 5.74) is 1.34. The molecule has 4 aromatic rings. The second kappa shape index (κ2) is 7.16. The van der Waals surface area contributed by atoms with Crippen molar-refractivity contribution in [1.29, 1.82) is 0 Å². The molecule has 0 aliphatic carbocycles. The molecule has 0 saturated heterocycles. The van der Waals surface area contributed by atoms with Crippen molar-refractivity contribution in [1.82, 2.24) is 15.3 Å². The van der Waals surface area contributed by atoms with Crippen molar-refractivity contribution in [2.75, 3.05) is 0 Å². The Morgan fingerprint density at radius 2 is 1.82 bits per heavy atom. The van der Waals surface area contributed by atoms with Crippen LogP contribution in [-0.4, -0.2) is 25.5 Å². The van der Waals surface area contributed by atoms with Crippen molar-refractivity contribution in [3.8, 4) is 34.1 Å². The van der Waals surface area contributed by atoms with E-state index in [2.05, 4.69) is 15.3 Å². The maximum absolute atomic E-state index is 14.4. The van der Waals surface area contributed by atoms with Crippen molar-refractivity contribution in [3.05, 3.63) is 64.6 Å². The number of hydrogen-bond acceptors (Lipinski definition) is 7. The van der Waals surface area contributed by atoms with Gasteiger partial charge in [0.1, 0.15) is 22.8 Å². The van der Waals surface area contributed by atoms with Crippen LogP contribution in [0.1, 0.15) is 17.6 Å². The van der Waals surface area contributed by atoms with E-state index in [0.717, 1.165) is 0 Å². The number of hydrogen-bond donors (Lipinski definition) is 2. The molecule has 0 atom stereocenters. The van der Waals surface area contributed by atoms with Gasteiger partial charge < -0.3 is 19.3 Å². The minimum absolute atomic E-state index is 0.0676. The zero-order valence-electron chi connectivity index (χ0n) is 14.4. The van der Waals surface area contributed by atoms with Crippen LogP contribution in [0.4, 0.5) is 4.39 Å². The summed E-state index contributed by atoms with van der Waals surface area (Å²) in [5, 5.41) is 26.6. The first-order chi connectivity index (χ1) is 13.5. The lowest BCUT2D eigenvalue weighted by atomic mass is 10.1. The van der Waals surface area contributed by atoms with Crippen LogP contribution in [-0.2, 0) is 0 Å². The molecule has 0 spiro atoms. The van der Waals surface area contributed by atoms with Crippen molar-refractivity contribution in [2.24, 2.45) is 0 Å². The Hall–Kier alpha value is -3.07. The van der Waals surface area contributed by atoms with Crippen LogP contribution in [0.3, 0.4) is 0 Å². The molecule has 2 aromatic heterocycles. The average molecular weight is 402 g/mol. The molecular formula is C19H13ClFN3O4. The summed E-state index contributed by atoms with van der Waals surface area (Å²) in [6.07, 6.45) is -1.62. The quantitative estimate of drug-likeness (QED) is 0.495. The van der Waals surface area contributed by atoms with Crippen molar-refractivity contribution in [2.45, 2.75) is 13.2 Å². The maximum Gasteiger partial charge on any atom is 0.264 e. The number of aryl methyl sites for hydroxylation is 1. The molecule has 2 N–H and O–H groups in total. The Bertz CT molecular complexity index is 1140. The van der Waals surface area contributed by atoms with Gasteiger partial charge in [-0.3, -0.25) is 0 Å². The molecule has 2 aromatic carbocycles. The molecular weight excluding hydrogens is 389 g/mol. The minimum Gasteiger partial charge on any atom is -0.364 e. The van der Waals surface area contributed by atoms with Gasteiger partial charge in [0.2, 0.25) is 5.82 Å². The van der Waals surface area contributed by atoms with E-state index < -0.39 is 12.1 Å². The van der Waals surface area contributed by atoms with Crippen LogP contribution >= 0.6 is 11.6 Å². The molecule has 0 fully saturated rings. The summed E-state index contributed by atoms with van der Waals surface area (Å²) >= 11 is 6.15. The van der Waals surface area contributed by atoms with Crippen LogP contribution in [0.25, 0.3) is 34.1 Å². The van der Waals surface area contributed by atoms with Crippen molar-refractivity contribution in [3.63, 3.8) is 0 Å². The first-order valence-electron chi connectivity index (χ1n) is 8.17. The van der Waals surface area contributed by atoms with Gasteiger partial charge in [0, 0.05) is 11.1 Å². The SMILES string of the molecule is Cc1onc(-c2c(F)cccc2Cl)c1-c1nc(-c2cccc(C(O)O)c2)no1. The van der Waals surface area contributed by atoms with Gasteiger partial charge in [-0.1, -0.05) is 46.2 Å². The molecule has 0 saturated carbocycles. The van der Waals surface area contributed by atoms with E-state index >= 15 is 0 Å². The standard InChI is InChI=1S/C19H13ClFN3O4/c1-9-14(16(23-27-9)15-12(20)6-3-7-13(15)21)18-22-17(24-28-18)10-4-2-5-11(8-10)19(25)26/h2-8,19,25-26H,1H3. The number of nitrogens with zero attached hydrogens (tertiary/aromatic N) is 3. The van der Waals surface area contributed by atoms with E-state index in [1.807, 2.05) is 0 Å². The van der Waals surface area contributed by atoms with Crippen LogP contribution < -0.4 is 0 Å². The highest BCUT2D eigenvalue weighted by atomic mass is 35.5. The second-order valence-electron chi connectivity index (χ2n) is 5.98. The smallest absolute Gasteiger partial charge is 0.264 e. The van der Waals surface area contributed by atoms with Gasteiger partial charge in [-0.05, 0) is 25.1 Å². The summed E-state index contributed by atoms with van der Waals surface area (Å²) in [4.78, 5) is 4.32. The third-order valence-corrected chi connectivity index (χ3v) is 4.46. The molecule has 0 unspecified atom stereocenters. The van der Waals surface area contributed by atoms with Gasteiger partial charge in [0.25, 0.3) is 5.89 Å². The highest BCUT2D eigenvalue weighted by molar-refractivity contribution is 6.33. The number of benzene rings is 2.